The summed E-state index contributed by atoms with van der Waals surface area (Å²) in [4.78, 5) is 2.61. The van der Waals surface area contributed by atoms with Crippen LogP contribution in [0.1, 0.15) is 41.0 Å². The number of nitrogens with zero attached hydrogens (tertiary/aromatic N) is 1. The van der Waals surface area contributed by atoms with E-state index in [0.29, 0.717) is 17.5 Å². The standard InChI is InChI=1S/C12H24N2/c1-8(2)14-7-9-6-12(9,13)10(14)11(3,4)5/h8-10H,6-7,13H2,1-5H3/t9-,10?,12+/m1/s1. The fraction of sp³-hybridized carbons (Fsp3) is 1.00. The fourth-order valence-electron chi connectivity index (χ4n) is 3.42. The van der Waals surface area contributed by atoms with Gasteiger partial charge in [-0.15, -0.1) is 0 Å². The van der Waals surface area contributed by atoms with E-state index in [-0.39, 0.29) is 5.54 Å². The Kier molecular flexibility index (Phi) is 2.04. The Balaban J connectivity index is 2.24. The number of hydrogen-bond donors (Lipinski definition) is 1. The molecular formula is C12H24N2. The van der Waals surface area contributed by atoms with E-state index in [2.05, 4.69) is 39.5 Å². The first kappa shape index (κ1) is 10.4. The van der Waals surface area contributed by atoms with Gasteiger partial charge in [0.1, 0.15) is 0 Å². The first-order valence-electron chi connectivity index (χ1n) is 5.81. The number of likely N-dealkylation sites (tertiary alicyclic amines) is 1. The van der Waals surface area contributed by atoms with Crippen molar-refractivity contribution in [3.63, 3.8) is 0 Å². The molecule has 2 rings (SSSR count). The molecule has 1 aliphatic heterocycles. The predicted molar refractivity (Wildman–Crippen MR) is 60.1 cm³/mol. The molecular weight excluding hydrogens is 172 g/mol. The van der Waals surface area contributed by atoms with Crippen molar-refractivity contribution < 1.29 is 0 Å². The third-order valence-electron chi connectivity index (χ3n) is 3.96. The minimum atomic E-state index is 0.141. The lowest BCUT2D eigenvalue weighted by Crippen LogP contribution is -2.54. The molecule has 1 heterocycles. The number of rotatable bonds is 1. The number of fused-ring (bicyclic) bond motifs is 1. The maximum atomic E-state index is 6.47. The van der Waals surface area contributed by atoms with Gasteiger partial charge in [-0.1, -0.05) is 20.8 Å². The molecule has 1 aliphatic carbocycles. The molecule has 0 bridgehead atoms. The third kappa shape index (κ3) is 1.31. The van der Waals surface area contributed by atoms with Crippen LogP contribution in [-0.2, 0) is 0 Å². The van der Waals surface area contributed by atoms with E-state index in [1.807, 2.05) is 0 Å². The average Bonchev–Trinajstić information content (AvgIpc) is 2.49. The van der Waals surface area contributed by atoms with Gasteiger partial charge >= 0.3 is 0 Å². The Hall–Kier alpha value is -0.0800. The number of hydrogen-bond acceptors (Lipinski definition) is 2. The van der Waals surface area contributed by atoms with Crippen molar-refractivity contribution in [2.24, 2.45) is 17.1 Å². The first-order chi connectivity index (χ1) is 6.27. The molecule has 2 fully saturated rings. The molecule has 2 N–H and O–H groups in total. The first-order valence-corrected chi connectivity index (χ1v) is 5.81. The third-order valence-corrected chi connectivity index (χ3v) is 3.96. The normalized spacial score (nSPS) is 43.1. The fourth-order valence-corrected chi connectivity index (χ4v) is 3.42. The molecule has 0 aromatic heterocycles. The molecule has 82 valence electrons. The summed E-state index contributed by atoms with van der Waals surface area (Å²) in [5.74, 6) is 0.772. The molecule has 0 aromatic rings. The molecule has 2 heteroatoms. The largest absolute Gasteiger partial charge is 0.323 e. The van der Waals surface area contributed by atoms with Crippen molar-refractivity contribution in [3.05, 3.63) is 0 Å². The maximum Gasteiger partial charge on any atom is 0.0362 e. The topological polar surface area (TPSA) is 29.3 Å². The zero-order chi connectivity index (χ0) is 10.7. The van der Waals surface area contributed by atoms with Gasteiger partial charge < -0.3 is 5.73 Å². The summed E-state index contributed by atoms with van der Waals surface area (Å²) in [7, 11) is 0. The van der Waals surface area contributed by atoms with Crippen molar-refractivity contribution in [2.45, 2.75) is 58.7 Å². The van der Waals surface area contributed by atoms with Crippen LogP contribution in [0.5, 0.6) is 0 Å². The van der Waals surface area contributed by atoms with E-state index in [1.54, 1.807) is 0 Å². The van der Waals surface area contributed by atoms with Crippen LogP contribution in [0.4, 0.5) is 0 Å². The Bertz CT molecular complexity index is 241. The zero-order valence-electron chi connectivity index (χ0n) is 10.2. The monoisotopic (exact) mass is 196 g/mol. The van der Waals surface area contributed by atoms with Crippen LogP contribution in [-0.4, -0.2) is 29.1 Å². The van der Waals surface area contributed by atoms with Crippen LogP contribution in [0.3, 0.4) is 0 Å². The van der Waals surface area contributed by atoms with Crippen LogP contribution in [0, 0.1) is 11.3 Å². The van der Waals surface area contributed by atoms with Gasteiger partial charge in [0.05, 0.1) is 0 Å². The van der Waals surface area contributed by atoms with Gasteiger partial charge in [0.25, 0.3) is 0 Å². The predicted octanol–water partition coefficient (Wildman–Crippen LogP) is 1.84. The van der Waals surface area contributed by atoms with Crippen molar-refractivity contribution in [1.29, 1.82) is 0 Å². The van der Waals surface area contributed by atoms with Gasteiger partial charge in [0.2, 0.25) is 0 Å². The zero-order valence-corrected chi connectivity index (χ0v) is 10.2. The van der Waals surface area contributed by atoms with E-state index < -0.39 is 0 Å². The summed E-state index contributed by atoms with van der Waals surface area (Å²) in [6.07, 6.45) is 1.25. The molecule has 0 radical (unpaired) electrons. The van der Waals surface area contributed by atoms with Gasteiger partial charge in [-0.3, -0.25) is 4.90 Å². The molecule has 0 aromatic carbocycles. The van der Waals surface area contributed by atoms with E-state index in [4.69, 9.17) is 5.73 Å². The molecule has 2 aliphatic rings. The maximum absolute atomic E-state index is 6.47. The highest BCUT2D eigenvalue weighted by Crippen LogP contribution is 2.56. The summed E-state index contributed by atoms with van der Waals surface area (Å²) in [5, 5.41) is 0. The SMILES string of the molecule is CC(C)N1C[C@H]2C[C@@]2(N)C1C(C)(C)C. The van der Waals surface area contributed by atoms with Crippen LogP contribution < -0.4 is 5.73 Å². The summed E-state index contributed by atoms with van der Waals surface area (Å²) in [5.41, 5.74) is 6.92. The Morgan fingerprint density at radius 1 is 1.36 bits per heavy atom. The molecule has 0 amide bonds. The van der Waals surface area contributed by atoms with Crippen LogP contribution >= 0.6 is 0 Å². The number of nitrogens with two attached hydrogens (primary N) is 1. The highest BCUT2D eigenvalue weighted by Gasteiger charge is 2.66. The molecule has 1 unspecified atom stereocenters. The van der Waals surface area contributed by atoms with Crippen LogP contribution in [0.25, 0.3) is 0 Å². The quantitative estimate of drug-likeness (QED) is 0.693. The lowest BCUT2D eigenvalue weighted by atomic mass is 9.80. The highest BCUT2D eigenvalue weighted by atomic mass is 15.3. The van der Waals surface area contributed by atoms with Crippen molar-refractivity contribution >= 4 is 0 Å². The molecule has 2 nitrogen and oxygen atoms in total. The van der Waals surface area contributed by atoms with E-state index in [9.17, 15) is 0 Å². The van der Waals surface area contributed by atoms with Gasteiger partial charge in [-0.25, -0.2) is 0 Å². The summed E-state index contributed by atoms with van der Waals surface area (Å²) < 4.78 is 0. The van der Waals surface area contributed by atoms with Crippen LogP contribution in [0.2, 0.25) is 0 Å². The highest BCUT2D eigenvalue weighted by molar-refractivity contribution is 5.24. The smallest absolute Gasteiger partial charge is 0.0362 e. The average molecular weight is 196 g/mol. The van der Waals surface area contributed by atoms with Crippen LogP contribution in [0.15, 0.2) is 0 Å². The molecule has 0 spiro atoms. The second-order valence-corrected chi connectivity index (χ2v) is 6.57. The molecule has 3 atom stereocenters. The summed E-state index contributed by atoms with van der Waals surface area (Å²) in [6, 6.07) is 1.20. The number of piperidine rings is 1. The second kappa shape index (κ2) is 2.73. The summed E-state index contributed by atoms with van der Waals surface area (Å²) >= 11 is 0. The van der Waals surface area contributed by atoms with E-state index in [1.165, 1.54) is 13.0 Å². The van der Waals surface area contributed by atoms with Crippen molar-refractivity contribution in [3.8, 4) is 0 Å². The van der Waals surface area contributed by atoms with Gasteiger partial charge in [0, 0.05) is 24.2 Å². The van der Waals surface area contributed by atoms with Crippen molar-refractivity contribution in [2.75, 3.05) is 6.54 Å². The van der Waals surface area contributed by atoms with Gasteiger partial charge in [-0.2, -0.15) is 0 Å². The van der Waals surface area contributed by atoms with E-state index >= 15 is 0 Å². The molecule has 14 heavy (non-hydrogen) atoms. The second-order valence-electron chi connectivity index (χ2n) is 6.57. The van der Waals surface area contributed by atoms with Gasteiger partial charge in [-0.05, 0) is 31.6 Å². The Morgan fingerprint density at radius 3 is 2.29 bits per heavy atom. The Labute approximate surface area is 87.8 Å². The van der Waals surface area contributed by atoms with E-state index in [0.717, 1.165) is 5.92 Å². The van der Waals surface area contributed by atoms with Gasteiger partial charge in [0.15, 0.2) is 0 Å². The molecule has 1 saturated carbocycles. The summed E-state index contributed by atoms with van der Waals surface area (Å²) in [6.45, 7) is 12.8. The lowest BCUT2D eigenvalue weighted by Gasteiger charge is -2.42. The minimum Gasteiger partial charge on any atom is -0.323 e. The lowest BCUT2D eigenvalue weighted by molar-refractivity contribution is 0.0786. The minimum absolute atomic E-state index is 0.141. The molecule has 1 saturated heterocycles. The Morgan fingerprint density at radius 2 is 1.93 bits per heavy atom. The van der Waals surface area contributed by atoms with Crippen molar-refractivity contribution in [1.82, 2.24) is 4.90 Å².